The van der Waals surface area contributed by atoms with Gasteiger partial charge in [0, 0.05) is 13.1 Å². The monoisotopic (exact) mass is 458 g/mol. The van der Waals surface area contributed by atoms with Crippen LogP contribution in [0, 0.1) is 6.92 Å². The molecule has 0 aromatic heterocycles. The lowest BCUT2D eigenvalue weighted by Crippen LogP contribution is -2.30. The molecule has 2 aromatic rings. The number of amides is 1. The van der Waals surface area contributed by atoms with Crippen molar-refractivity contribution in [1.29, 1.82) is 0 Å². The number of rotatable bonds is 9. The average molecular weight is 459 g/mol. The number of halogens is 2. The van der Waals surface area contributed by atoms with Crippen LogP contribution in [0.1, 0.15) is 17.5 Å². The molecule has 29 heavy (non-hydrogen) atoms. The normalized spacial score (nSPS) is 11.1. The molecule has 0 saturated carbocycles. The first-order valence-corrected chi connectivity index (χ1v) is 10.8. The topological polar surface area (TPSA) is 102 Å². The van der Waals surface area contributed by atoms with Crippen LogP contribution < -0.4 is 10.0 Å². The van der Waals surface area contributed by atoms with E-state index in [-0.39, 0.29) is 27.9 Å². The largest absolute Gasteiger partial charge is 0.456 e. The maximum absolute atomic E-state index is 12.3. The smallest absolute Gasteiger partial charge is 0.307 e. The van der Waals surface area contributed by atoms with E-state index in [2.05, 4.69) is 10.0 Å². The molecule has 2 rings (SSSR count). The minimum absolute atomic E-state index is 0.0298. The van der Waals surface area contributed by atoms with Gasteiger partial charge in [0.05, 0.1) is 16.5 Å². The van der Waals surface area contributed by atoms with Crippen LogP contribution in [-0.4, -0.2) is 33.4 Å². The van der Waals surface area contributed by atoms with Gasteiger partial charge in [-0.1, -0.05) is 59.1 Å². The molecule has 0 aliphatic heterocycles. The summed E-state index contributed by atoms with van der Waals surface area (Å²) >= 11 is 11.8. The zero-order chi connectivity index (χ0) is 21.4. The van der Waals surface area contributed by atoms with Crippen molar-refractivity contribution in [2.24, 2.45) is 0 Å². The lowest BCUT2D eigenvalue weighted by Gasteiger charge is -2.10. The summed E-state index contributed by atoms with van der Waals surface area (Å²) in [5.74, 6) is -1.18. The molecule has 2 aromatic carbocycles. The number of carbonyl (C=O) groups is 2. The summed E-state index contributed by atoms with van der Waals surface area (Å²) in [6, 6.07) is 11.9. The Bertz CT molecular complexity index is 958. The molecule has 0 saturated heterocycles. The molecule has 0 spiro atoms. The van der Waals surface area contributed by atoms with Crippen molar-refractivity contribution in [3.05, 3.63) is 63.6 Å². The van der Waals surface area contributed by atoms with Gasteiger partial charge in [-0.3, -0.25) is 9.59 Å². The highest BCUT2D eigenvalue weighted by molar-refractivity contribution is 7.89. The third kappa shape index (κ3) is 7.32. The zero-order valence-corrected chi connectivity index (χ0v) is 17.9. The van der Waals surface area contributed by atoms with E-state index >= 15 is 0 Å². The quantitative estimate of drug-likeness (QED) is 0.562. The second-order valence-corrected chi connectivity index (χ2v) is 8.64. The molecule has 0 aliphatic rings. The third-order valence-corrected chi connectivity index (χ3v) is 6.20. The van der Waals surface area contributed by atoms with Crippen LogP contribution in [0.25, 0.3) is 0 Å². The Morgan fingerprint density at radius 2 is 1.66 bits per heavy atom. The lowest BCUT2D eigenvalue weighted by molar-refractivity contribution is -0.148. The van der Waals surface area contributed by atoms with E-state index in [0.29, 0.717) is 6.54 Å². The van der Waals surface area contributed by atoms with E-state index in [4.69, 9.17) is 27.9 Å². The number of esters is 1. The highest BCUT2D eigenvalue weighted by Crippen LogP contribution is 2.28. The first-order valence-electron chi connectivity index (χ1n) is 8.60. The Balaban J connectivity index is 1.72. The lowest BCUT2D eigenvalue weighted by atomic mass is 10.1. The van der Waals surface area contributed by atoms with Gasteiger partial charge in [0.25, 0.3) is 5.91 Å². The van der Waals surface area contributed by atoms with Crippen LogP contribution in [0.2, 0.25) is 10.0 Å². The summed E-state index contributed by atoms with van der Waals surface area (Å²) < 4.78 is 31.6. The minimum atomic E-state index is -3.99. The highest BCUT2D eigenvalue weighted by atomic mass is 35.5. The van der Waals surface area contributed by atoms with E-state index in [1.54, 1.807) is 0 Å². The standard InChI is InChI=1S/C19H20Cl2N2O5S/c1-13-5-7-14(8-6-13)11-22-17(24)12-28-18(25)9-10-23-29(26,27)19-15(20)3-2-4-16(19)21/h2-8,23H,9-12H2,1H3,(H,22,24). The number of aryl methyl sites for hydroxylation is 1. The molecule has 7 nitrogen and oxygen atoms in total. The van der Waals surface area contributed by atoms with E-state index < -0.39 is 28.5 Å². The van der Waals surface area contributed by atoms with Crippen molar-refractivity contribution in [2.45, 2.75) is 24.8 Å². The minimum Gasteiger partial charge on any atom is -0.456 e. The molecule has 0 bridgehead atoms. The Morgan fingerprint density at radius 3 is 2.28 bits per heavy atom. The third-order valence-electron chi connectivity index (χ3n) is 3.78. The number of carbonyl (C=O) groups excluding carboxylic acids is 2. The van der Waals surface area contributed by atoms with Crippen LogP contribution in [0.4, 0.5) is 0 Å². The Hall–Kier alpha value is -2.13. The van der Waals surface area contributed by atoms with Crippen molar-refractivity contribution < 1.29 is 22.7 Å². The Kier molecular flexibility index (Phi) is 8.45. The molecule has 0 aliphatic carbocycles. The molecule has 0 heterocycles. The van der Waals surface area contributed by atoms with Crippen molar-refractivity contribution in [3.8, 4) is 0 Å². The zero-order valence-electron chi connectivity index (χ0n) is 15.6. The number of nitrogens with one attached hydrogen (secondary N) is 2. The van der Waals surface area contributed by atoms with E-state index in [9.17, 15) is 18.0 Å². The molecule has 0 radical (unpaired) electrons. The average Bonchev–Trinajstić information content (AvgIpc) is 2.65. The molecule has 0 atom stereocenters. The predicted molar refractivity (Wildman–Crippen MR) is 110 cm³/mol. The number of benzene rings is 2. The molecular formula is C19H20Cl2N2O5S. The fraction of sp³-hybridized carbons (Fsp3) is 0.263. The predicted octanol–water partition coefficient (Wildman–Crippen LogP) is 2.83. The van der Waals surface area contributed by atoms with Gasteiger partial charge in [0.15, 0.2) is 6.61 Å². The van der Waals surface area contributed by atoms with Crippen molar-refractivity contribution in [2.75, 3.05) is 13.2 Å². The van der Waals surface area contributed by atoms with Gasteiger partial charge in [-0.15, -0.1) is 0 Å². The van der Waals surface area contributed by atoms with Crippen LogP contribution in [0.5, 0.6) is 0 Å². The fourth-order valence-corrected chi connectivity index (χ4v) is 4.45. The molecule has 10 heteroatoms. The molecule has 156 valence electrons. The first kappa shape index (κ1) is 23.2. The van der Waals surface area contributed by atoms with Crippen molar-refractivity contribution in [3.63, 3.8) is 0 Å². The maximum atomic E-state index is 12.3. The highest BCUT2D eigenvalue weighted by Gasteiger charge is 2.21. The summed E-state index contributed by atoms with van der Waals surface area (Å²) in [6.07, 6.45) is -0.257. The van der Waals surface area contributed by atoms with Crippen LogP contribution >= 0.6 is 23.2 Å². The van der Waals surface area contributed by atoms with Crippen molar-refractivity contribution >= 4 is 45.1 Å². The van der Waals surface area contributed by atoms with Gasteiger partial charge in [-0.25, -0.2) is 13.1 Å². The van der Waals surface area contributed by atoms with Gasteiger partial charge in [-0.2, -0.15) is 0 Å². The molecule has 0 unspecified atom stereocenters. The van der Waals surface area contributed by atoms with E-state index in [0.717, 1.165) is 11.1 Å². The Labute approximate surface area is 179 Å². The van der Waals surface area contributed by atoms with Gasteiger partial charge in [-0.05, 0) is 24.6 Å². The summed E-state index contributed by atoms with van der Waals surface area (Å²) in [6.45, 7) is 1.60. The van der Waals surface area contributed by atoms with Crippen LogP contribution in [0.3, 0.4) is 0 Å². The van der Waals surface area contributed by atoms with Crippen LogP contribution in [-0.2, 0) is 30.9 Å². The molecule has 0 fully saturated rings. The summed E-state index contributed by atoms with van der Waals surface area (Å²) in [7, 11) is -3.99. The number of hydrogen-bond donors (Lipinski definition) is 2. The molecular weight excluding hydrogens is 439 g/mol. The van der Waals surface area contributed by atoms with Gasteiger partial charge in [0.2, 0.25) is 10.0 Å². The number of ether oxygens (including phenoxy) is 1. The van der Waals surface area contributed by atoms with Gasteiger partial charge < -0.3 is 10.1 Å². The van der Waals surface area contributed by atoms with E-state index in [1.807, 2.05) is 31.2 Å². The second kappa shape index (κ2) is 10.6. The number of sulfonamides is 1. The van der Waals surface area contributed by atoms with Gasteiger partial charge in [0.1, 0.15) is 4.90 Å². The van der Waals surface area contributed by atoms with E-state index in [1.165, 1.54) is 18.2 Å². The summed E-state index contributed by atoms with van der Waals surface area (Å²) in [5.41, 5.74) is 2.03. The fourth-order valence-electron chi connectivity index (χ4n) is 2.27. The maximum Gasteiger partial charge on any atom is 0.307 e. The second-order valence-electron chi connectivity index (χ2n) is 6.12. The van der Waals surface area contributed by atoms with Gasteiger partial charge >= 0.3 is 5.97 Å². The van der Waals surface area contributed by atoms with Crippen molar-refractivity contribution in [1.82, 2.24) is 10.0 Å². The first-order chi connectivity index (χ1) is 13.7. The summed E-state index contributed by atoms with van der Waals surface area (Å²) in [4.78, 5) is 23.2. The molecule has 1 amide bonds. The summed E-state index contributed by atoms with van der Waals surface area (Å²) in [5, 5.41) is 2.57. The Morgan fingerprint density at radius 1 is 1.03 bits per heavy atom. The van der Waals surface area contributed by atoms with Crippen LogP contribution in [0.15, 0.2) is 47.4 Å². The SMILES string of the molecule is Cc1ccc(CNC(=O)COC(=O)CCNS(=O)(=O)c2c(Cl)cccc2Cl)cc1. The number of hydrogen-bond acceptors (Lipinski definition) is 5. The molecule has 2 N–H and O–H groups in total.